The Bertz CT molecular complexity index is 277. The number of rotatable bonds is 1. The van der Waals surface area contributed by atoms with Gasteiger partial charge in [0.1, 0.15) is 5.69 Å². The van der Waals surface area contributed by atoms with Crippen LogP contribution in [0.3, 0.4) is 0 Å². The summed E-state index contributed by atoms with van der Waals surface area (Å²) in [4.78, 5) is 13.6. The molecule has 10 heavy (non-hydrogen) atoms. The van der Waals surface area contributed by atoms with Gasteiger partial charge in [-0.15, -0.1) is 0 Å². The number of pyridine rings is 1. The van der Waals surface area contributed by atoms with E-state index in [0.29, 0.717) is 5.69 Å². The molecule has 0 aromatic carbocycles. The van der Waals surface area contributed by atoms with Gasteiger partial charge in [-0.25, -0.2) is 0 Å². The van der Waals surface area contributed by atoms with E-state index in [1.54, 1.807) is 13.1 Å². The fourth-order valence-corrected chi connectivity index (χ4v) is 0.769. The van der Waals surface area contributed by atoms with Gasteiger partial charge in [-0.05, 0) is 19.1 Å². The van der Waals surface area contributed by atoms with Gasteiger partial charge in [-0.1, -0.05) is 0 Å². The number of aromatic nitrogens is 1. The van der Waals surface area contributed by atoms with Gasteiger partial charge < -0.3 is 10.3 Å². The van der Waals surface area contributed by atoms with Crippen LogP contribution in [0.5, 0.6) is 0 Å². The minimum absolute atomic E-state index is 0.0671. The molecule has 54 valence electrons. The van der Waals surface area contributed by atoms with E-state index in [9.17, 15) is 4.79 Å². The van der Waals surface area contributed by atoms with Gasteiger partial charge in [0.15, 0.2) is 0 Å². The molecule has 0 atom stereocenters. The molecule has 1 rings (SSSR count). The van der Waals surface area contributed by atoms with Gasteiger partial charge in [0, 0.05) is 12.7 Å². The third-order valence-electron chi connectivity index (χ3n) is 1.32. The highest BCUT2D eigenvalue weighted by atomic mass is 16.1. The van der Waals surface area contributed by atoms with Crippen LogP contribution in [0.25, 0.3) is 0 Å². The summed E-state index contributed by atoms with van der Waals surface area (Å²) in [6.45, 7) is 1.85. The summed E-state index contributed by atoms with van der Waals surface area (Å²) in [5.74, 6) is 0. The fraction of sp³-hybridized carbons (Fsp3) is 0.286. The zero-order valence-corrected chi connectivity index (χ0v) is 6.06. The number of anilines is 1. The molecule has 0 spiro atoms. The molecular formula is C7H10N2O. The summed E-state index contributed by atoms with van der Waals surface area (Å²) in [7, 11) is 1.72. The lowest BCUT2D eigenvalue weighted by molar-refractivity contribution is 1.14. The number of aryl methyl sites for hydroxylation is 1. The lowest BCUT2D eigenvalue weighted by Crippen LogP contribution is -2.11. The Kier molecular flexibility index (Phi) is 1.76. The first kappa shape index (κ1) is 6.86. The lowest BCUT2D eigenvalue weighted by atomic mass is 10.3. The van der Waals surface area contributed by atoms with Crippen molar-refractivity contribution in [1.29, 1.82) is 0 Å². The van der Waals surface area contributed by atoms with Crippen molar-refractivity contribution in [3.05, 3.63) is 28.2 Å². The number of hydrogen-bond donors (Lipinski definition) is 2. The van der Waals surface area contributed by atoms with Gasteiger partial charge in [-0.2, -0.15) is 0 Å². The summed E-state index contributed by atoms with van der Waals surface area (Å²) in [6.07, 6.45) is 0. The van der Waals surface area contributed by atoms with E-state index in [-0.39, 0.29) is 5.56 Å². The molecule has 1 heterocycles. The van der Waals surface area contributed by atoms with Gasteiger partial charge >= 0.3 is 0 Å². The molecule has 0 aliphatic carbocycles. The Labute approximate surface area is 59.1 Å². The minimum Gasteiger partial charge on any atom is -0.384 e. The second-order valence-electron chi connectivity index (χ2n) is 2.13. The van der Waals surface area contributed by atoms with E-state index in [1.165, 1.54) is 0 Å². The highest BCUT2D eigenvalue weighted by molar-refractivity contribution is 5.39. The van der Waals surface area contributed by atoms with Crippen molar-refractivity contribution in [3.8, 4) is 0 Å². The summed E-state index contributed by atoms with van der Waals surface area (Å²) >= 11 is 0. The molecule has 0 bridgehead atoms. The van der Waals surface area contributed by atoms with Gasteiger partial charge in [0.2, 0.25) is 0 Å². The number of H-pyrrole nitrogens is 1. The van der Waals surface area contributed by atoms with Crippen molar-refractivity contribution >= 4 is 5.69 Å². The van der Waals surface area contributed by atoms with Gasteiger partial charge in [0.05, 0.1) is 0 Å². The molecule has 0 aliphatic heterocycles. The van der Waals surface area contributed by atoms with Crippen LogP contribution in [-0.4, -0.2) is 12.0 Å². The van der Waals surface area contributed by atoms with E-state index >= 15 is 0 Å². The maximum atomic E-state index is 11.0. The van der Waals surface area contributed by atoms with Crippen LogP contribution in [-0.2, 0) is 0 Å². The molecule has 1 aromatic heterocycles. The molecular weight excluding hydrogens is 128 g/mol. The Morgan fingerprint density at radius 1 is 1.50 bits per heavy atom. The lowest BCUT2D eigenvalue weighted by Gasteiger charge is -1.97. The van der Waals surface area contributed by atoms with Crippen LogP contribution in [0.4, 0.5) is 5.69 Å². The summed E-state index contributed by atoms with van der Waals surface area (Å²) in [6, 6.07) is 3.61. The Hall–Kier alpha value is -1.25. The topological polar surface area (TPSA) is 44.9 Å². The van der Waals surface area contributed by atoms with Crippen molar-refractivity contribution in [2.24, 2.45) is 0 Å². The van der Waals surface area contributed by atoms with Crippen LogP contribution < -0.4 is 10.9 Å². The first-order chi connectivity index (χ1) is 4.74. The third-order valence-corrected chi connectivity index (χ3v) is 1.32. The number of aromatic amines is 1. The van der Waals surface area contributed by atoms with Crippen LogP contribution in [0.2, 0.25) is 0 Å². The first-order valence-electron chi connectivity index (χ1n) is 3.11. The third kappa shape index (κ3) is 1.18. The van der Waals surface area contributed by atoms with E-state index < -0.39 is 0 Å². The second kappa shape index (κ2) is 2.56. The van der Waals surface area contributed by atoms with Crippen molar-refractivity contribution in [2.75, 3.05) is 12.4 Å². The predicted octanol–water partition coefficient (Wildman–Crippen LogP) is 0.725. The van der Waals surface area contributed by atoms with Crippen LogP contribution >= 0.6 is 0 Å². The second-order valence-corrected chi connectivity index (χ2v) is 2.13. The molecule has 0 saturated carbocycles. The molecule has 3 heteroatoms. The Morgan fingerprint density at radius 2 is 2.20 bits per heavy atom. The normalized spacial score (nSPS) is 9.40. The maximum Gasteiger partial charge on any atom is 0.271 e. The smallest absolute Gasteiger partial charge is 0.271 e. The quantitative estimate of drug-likeness (QED) is 0.600. The highest BCUT2D eigenvalue weighted by Crippen LogP contribution is 1.96. The van der Waals surface area contributed by atoms with Crippen molar-refractivity contribution in [1.82, 2.24) is 4.98 Å². The highest BCUT2D eigenvalue weighted by Gasteiger charge is 1.92. The van der Waals surface area contributed by atoms with Gasteiger partial charge in [0.25, 0.3) is 5.56 Å². The SMILES string of the molecule is CNc1ccc(C)[nH]c1=O. The van der Waals surface area contributed by atoms with Crippen molar-refractivity contribution < 1.29 is 0 Å². The molecule has 0 amide bonds. The number of hydrogen-bond acceptors (Lipinski definition) is 2. The van der Waals surface area contributed by atoms with Gasteiger partial charge in [-0.3, -0.25) is 4.79 Å². The Morgan fingerprint density at radius 3 is 2.70 bits per heavy atom. The summed E-state index contributed by atoms with van der Waals surface area (Å²) in [5.41, 5.74) is 1.41. The predicted molar refractivity (Wildman–Crippen MR) is 41.3 cm³/mol. The fourth-order valence-electron chi connectivity index (χ4n) is 0.769. The molecule has 3 nitrogen and oxygen atoms in total. The molecule has 0 radical (unpaired) electrons. The van der Waals surface area contributed by atoms with E-state index in [4.69, 9.17) is 0 Å². The monoisotopic (exact) mass is 138 g/mol. The molecule has 0 fully saturated rings. The molecule has 0 aliphatic rings. The average molecular weight is 138 g/mol. The van der Waals surface area contributed by atoms with Crippen molar-refractivity contribution in [3.63, 3.8) is 0 Å². The summed E-state index contributed by atoms with van der Waals surface area (Å²) in [5, 5.41) is 2.78. The Balaban J connectivity index is 3.20. The zero-order chi connectivity index (χ0) is 7.56. The largest absolute Gasteiger partial charge is 0.384 e. The maximum absolute atomic E-state index is 11.0. The molecule has 0 saturated heterocycles. The van der Waals surface area contributed by atoms with Crippen molar-refractivity contribution in [2.45, 2.75) is 6.92 Å². The molecule has 0 unspecified atom stereocenters. The first-order valence-corrected chi connectivity index (χ1v) is 3.11. The standard InChI is InChI=1S/C7H10N2O/c1-5-3-4-6(8-2)7(10)9-5/h3-4,8H,1-2H3,(H,9,10). The van der Waals surface area contributed by atoms with Crippen LogP contribution in [0.1, 0.15) is 5.69 Å². The van der Waals surface area contributed by atoms with E-state index in [2.05, 4.69) is 10.3 Å². The number of nitrogens with one attached hydrogen (secondary N) is 2. The molecule has 2 N–H and O–H groups in total. The van der Waals surface area contributed by atoms with E-state index in [1.807, 2.05) is 13.0 Å². The molecule has 1 aromatic rings. The average Bonchev–Trinajstić information content (AvgIpc) is 1.88. The summed E-state index contributed by atoms with van der Waals surface area (Å²) < 4.78 is 0. The van der Waals surface area contributed by atoms with Crippen LogP contribution in [0.15, 0.2) is 16.9 Å². The van der Waals surface area contributed by atoms with Crippen LogP contribution in [0, 0.1) is 6.92 Å². The minimum atomic E-state index is -0.0671. The van der Waals surface area contributed by atoms with E-state index in [0.717, 1.165) is 5.69 Å². The zero-order valence-electron chi connectivity index (χ0n) is 6.06.